The van der Waals surface area contributed by atoms with E-state index < -0.39 is 17.7 Å². The first-order valence-corrected chi connectivity index (χ1v) is 12.5. The molecule has 9 heteroatoms. The molecule has 38 heavy (non-hydrogen) atoms. The predicted octanol–water partition coefficient (Wildman–Crippen LogP) is 5.94. The van der Waals surface area contributed by atoms with Crippen molar-refractivity contribution >= 4 is 47.6 Å². The SMILES string of the molecule is NCc1cc(-c2cccc(CN3C(=O)c4cccc(NC(=O)c5cc(Cl)ccc5S)c4C3=O)c2)ccc1F. The number of benzene rings is 4. The van der Waals surface area contributed by atoms with Crippen molar-refractivity contribution in [1.29, 1.82) is 0 Å². The van der Waals surface area contributed by atoms with E-state index in [1.807, 2.05) is 12.1 Å². The van der Waals surface area contributed by atoms with E-state index in [9.17, 15) is 18.8 Å². The first kappa shape index (κ1) is 25.7. The summed E-state index contributed by atoms with van der Waals surface area (Å²) in [5.74, 6) is -1.86. The summed E-state index contributed by atoms with van der Waals surface area (Å²) in [7, 11) is 0. The van der Waals surface area contributed by atoms with Crippen LogP contribution in [0.25, 0.3) is 11.1 Å². The van der Waals surface area contributed by atoms with E-state index in [1.165, 1.54) is 12.1 Å². The number of nitrogens with one attached hydrogen (secondary N) is 1. The van der Waals surface area contributed by atoms with Gasteiger partial charge in [0.15, 0.2) is 0 Å². The van der Waals surface area contributed by atoms with Crippen molar-refractivity contribution in [2.75, 3.05) is 5.32 Å². The third kappa shape index (κ3) is 4.81. The molecule has 0 fully saturated rings. The van der Waals surface area contributed by atoms with Crippen LogP contribution in [0.2, 0.25) is 5.02 Å². The average molecular weight is 546 g/mol. The Balaban J connectivity index is 1.41. The van der Waals surface area contributed by atoms with Gasteiger partial charge in [0.25, 0.3) is 17.7 Å². The quantitative estimate of drug-likeness (QED) is 0.206. The van der Waals surface area contributed by atoms with E-state index in [4.69, 9.17) is 17.3 Å². The summed E-state index contributed by atoms with van der Waals surface area (Å²) in [4.78, 5) is 41.1. The van der Waals surface area contributed by atoms with Gasteiger partial charge in [0, 0.05) is 22.0 Å². The molecule has 0 aliphatic carbocycles. The summed E-state index contributed by atoms with van der Waals surface area (Å²) in [5, 5.41) is 3.09. The molecule has 1 heterocycles. The molecule has 0 aromatic heterocycles. The Hall–Kier alpha value is -3.98. The van der Waals surface area contributed by atoms with Crippen LogP contribution in [0, 0.1) is 5.82 Å². The highest BCUT2D eigenvalue weighted by molar-refractivity contribution is 7.80. The summed E-state index contributed by atoms with van der Waals surface area (Å²) in [6.45, 7) is 0.0908. The fraction of sp³-hybridized carbons (Fsp3) is 0.0690. The summed E-state index contributed by atoms with van der Waals surface area (Å²) in [6.07, 6.45) is 0. The number of rotatable bonds is 6. The minimum Gasteiger partial charge on any atom is -0.326 e. The van der Waals surface area contributed by atoms with Crippen LogP contribution in [-0.2, 0) is 13.1 Å². The summed E-state index contributed by atoms with van der Waals surface area (Å²) < 4.78 is 13.9. The molecule has 0 bridgehead atoms. The number of nitrogens with zero attached hydrogens (tertiary/aromatic N) is 1. The number of anilines is 1. The normalized spacial score (nSPS) is 12.6. The van der Waals surface area contributed by atoms with E-state index in [0.717, 1.165) is 16.0 Å². The molecule has 5 rings (SSSR count). The maximum absolute atomic E-state index is 13.9. The minimum atomic E-state index is -0.518. The van der Waals surface area contributed by atoms with Crippen LogP contribution >= 0.6 is 24.2 Å². The van der Waals surface area contributed by atoms with Gasteiger partial charge in [0.05, 0.1) is 28.9 Å². The smallest absolute Gasteiger partial charge is 0.263 e. The van der Waals surface area contributed by atoms with Gasteiger partial charge in [-0.25, -0.2) is 4.39 Å². The summed E-state index contributed by atoms with van der Waals surface area (Å²) in [6, 6.07) is 21.4. The molecule has 3 N–H and O–H groups in total. The lowest BCUT2D eigenvalue weighted by Gasteiger charge is -2.15. The molecule has 0 spiro atoms. The maximum atomic E-state index is 13.9. The van der Waals surface area contributed by atoms with Crippen LogP contribution in [0.5, 0.6) is 0 Å². The fourth-order valence-corrected chi connectivity index (χ4v) is 4.82. The lowest BCUT2D eigenvalue weighted by Crippen LogP contribution is -2.29. The highest BCUT2D eigenvalue weighted by Crippen LogP contribution is 2.32. The standard InChI is InChI=1S/C29H21ClFN3O3S/c30-20-8-10-25(38)22(13-20)27(35)33-24-6-2-5-21-26(24)29(37)34(28(21)36)15-16-3-1-4-17(11-16)18-7-9-23(31)19(12-18)14-32/h1-13,38H,14-15,32H2,(H,33,35). The number of imide groups is 1. The van der Waals surface area contributed by atoms with Crippen LogP contribution in [-0.4, -0.2) is 22.6 Å². The second kappa shape index (κ2) is 10.4. The topological polar surface area (TPSA) is 92.5 Å². The molecule has 190 valence electrons. The minimum absolute atomic E-state index is 0.0214. The third-order valence-electron chi connectivity index (χ3n) is 6.32. The van der Waals surface area contributed by atoms with Crippen molar-refractivity contribution in [2.24, 2.45) is 5.73 Å². The third-order valence-corrected chi connectivity index (χ3v) is 6.94. The lowest BCUT2D eigenvalue weighted by atomic mass is 10.0. The van der Waals surface area contributed by atoms with Crippen molar-refractivity contribution in [2.45, 2.75) is 18.0 Å². The zero-order valence-corrected chi connectivity index (χ0v) is 21.5. The number of halogens is 2. The Kier molecular flexibility index (Phi) is 7.03. The van der Waals surface area contributed by atoms with Crippen molar-refractivity contribution in [3.63, 3.8) is 0 Å². The number of hydrogen-bond acceptors (Lipinski definition) is 5. The van der Waals surface area contributed by atoms with Crippen molar-refractivity contribution < 1.29 is 18.8 Å². The number of fused-ring (bicyclic) bond motifs is 1. The zero-order valence-electron chi connectivity index (χ0n) is 19.9. The first-order valence-electron chi connectivity index (χ1n) is 11.6. The molecule has 0 unspecified atom stereocenters. The molecule has 4 aromatic carbocycles. The zero-order chi connectivity index (χ0) is 27.0. The highest BCUT2D eigenvalue weighted by Gasteiger charge is 2.37. The molecular formula is C29H21ClFN3O3S. The van der Waals surface area contributed by atoms with Gasteiger partial charge < -0.3 is 11.1 Å². The van der Waals surface area contributed by atoms with Gasteiger partial charge in [-0.3, -0.25) is 19.3 Å². The number of thiol groups is 1. The van der Waals surface area contributed by atoms with E-state index in [1.54, 1.807) is 54.6 Å². The van der Waals surface area contributed by atoms with Gasteiger partial charge in [-0.05, 0) is 65.2 Å². The number of carbonyl (C=O) groups excluding carboxylic acids is 3. The van der Waals surface area contributed by atoms with E-state index in [-0.39, 0.29) is 41.3 Å². The van der Waals surface area contributed by atoms with Crippen LogP contribution in [0.1, 0.15) is 42.2 Å². The lowest BCUT2D eigenvalue weighted by molar-refractivity contribution is 0.0642. The average Bonchev–Trinajstić information content (AvgIpc) is 3.16. The van der Waals surface area contributed by atoms with E-state index in [0.29, 0.717) is 21.0 Å². The second-order valence-electron chi connectivity index (χ2n) is 8.75. The van der Waals surface area contributed by atoms with Gasteiger partial charge >= 0.3 is 0 Å². The molecule has 0 radical (unpaired) electrons. The molecule has 3 amide bonds. The molecular weight excluding hydrogens is 525 g/mol. The van der Waals surface area contributed by atoms with Gasteiger partial charge in [-0.1, -0.05) is 41.9 Å². The van der Waals surface area contributed by atoms with Crippen LogP contribution in [0.15, 0.2) is 83.8 Å². The Morgan fingerprint density at radius 2 is 1.71 bits per heavy atom. The van der Waals surface area contributed by atoms with E-state index >= 15 is 0 Å². The molecule has 6 nitrogen and oxygen atoms in total. The van der Waals surface area contributed by atoms with Crippen LogP contribution in [0.3, 0.4) is 0 Å². The maximum Gasteiger partial charge on any atom is 0.263 e. The Labute approximate surface area is 228 Å². The molecule has 4 aromatic rings. The van der Waals surface area contributed by atoms with Gasteiger partial charge in [0.2, 0.25) is 0 Å². The number of hydrogen-bond donors (Lipinski definition) is 3. The Morgan fingerprint density at radius 3 is 2.50 bits per heavy atom. The summed E-state index contributed by atoms with van der Waals surface area (Å²) >= 11 is 10.3. The molecule has 1 aliphatic rings. The number of amides is 3. The molecule has 1 aliphatic heterocycles. The number of nitrogens with two attached hydrogens (primary N) is 1. The Morgan fingerprint density at radius 1 is 0.947 bits per heavy atom. The second-order valence-corrected chi connectivity index (χ2v) is 9.67. The predicted molar refractivity (Wildman–Crippen MR) is 147 cm³/mol. The Bertz CT molecular complexity index is 1620. The van der Waals surface area contributed by atoms with E-state index in [2.05, 4.69) is 17.9 Å². The van der Waals surface area contributed by atoms with Crippen molar-refractivity contribution in [3.05, 3.63) is 118 Å². The van der Waals surface area contributed by atoms with Crippen LogP contribution < -0.4 is 11.1 Å². The fourth-order valence-electron chi connectivity index (χ4n) is 4.40. The highest BCUT2D eigenvalue weighted by atomic mass is 35.5. The van der Waals surface area contributed by atoms with Gasteiger partial charge in [0.1, 0.15) is 5.82 Å². The van der Waals surface area contributed by atoms with Crippen molar-refractivity contribution in [3.8, 4) is 11.1 Å². The van der Waals surface area contributed by atoms with Gasteiger partial charge in [-0.2, -0.15) is 0 Å². The van der Waals surface area contributed by atoms with Crippen molar-refractivity contribution in [1.82, 2.24) is 4.90 Å². The van der Waals surface area contributed by atoms with Crippen LogP contribution in [0.4, 0.5) is 10.1 Å². The van der Waals surface area contributed by atoms with Gasteiger partial charge in [-0.15, -0.1) is 12.6 Å². The summed E-state index contributed by atoms with van der Waals surface area (Å²) in [5.41, 5.74) is 9.09. The first-order chi connectivity index (χ1) is 18.3. The molecule has 0 saturated carbocycles. The molecule has 0 saturated heterocycles. The monoisotopic (exact) mass is 545 g/mol. The molecule has 0 atom stereocenters. The largest absolute Gasteiger partial charge is 0.326 e. The number of carbonyl (C=O) groups is 3.